The number of hydrogen-bond acceptors (Lipinski definition) is 4. The number of nitrogens with one attached hydrogen (secondary N) is 1. The van der Waals surface area contributed by atoms with E-state index in [0.29, 0.717) is 27.8 Å². The minimum absolute atomic E-state index is 0.215. The van der Waals surface area contributed by atoms with E-state index in [4.69, 9.17) is 4.74 Å². The van der Waals surface area contributed by atoms with E-state index >= 15 is 0 Å². The molecule has 0 saturated carbocycles. The fourth-order valence-electron chi connectivity index (χ4n) is 4.19. The molecule has 0 saturated heterocycles. The van der Waals surface area contributed by atoms with Crippen molar-refractivity contribution in [3.63, 3.8) is 0 Å². The van der Waals surface area contributed by atoms with Gasteiger partial charge in [-0.2, -0.15) is 0 Å². The summed E-state index contributed by atoms with van der Waals surface area (Å²) in [5.41, 5.74) is 1.77. The highest BCUT2D eigenvalue weighted by molar-refractivity contribution is 9.10. The molecular weight excluding hydrogens is 510 g/mol. The normalized spacial score (nSPS) is 14.3. The van der Waals surface area contributed by atoms with Crippen LogP contribution in [-0.2, 0) is 14.3 Å². The molecule has 0 atom stereocenters. The largest absolute Gasteiger partial charge is 0.443 e. The highest BCUT2D eigenvalue weighted by Gasteiger charge is 2.42. The number of anilines is 1. The molecule has 0 bridgehead atoms. The number of carbonyl (C=O) groups is 3. The van der Waals surface area contributed by atoms with Gasteiger partial charge in [-0.05, 0) is 63.2 Å². The first-order valence-electron chi connectivity index (χ1n) is 11.0. The number of aromatic nitrogens is 2. The lowest BCUT2D eigenvalue weighted by Gasteiger charge is -2.19. The molecule has 2 aromatic heterocycles. The SMILES string of the molecule is CC(C)(C)OC(=O)n1cc(C2=C(c3ccc[nH]3)C(=O)N(c3ccccc3)C2=O)c2cc(Br)ccc21. The lowest BCUT2D eigenvalue weighted by molar-refractivity contribution is -0.119. The third-order valence-electron chi connectivity index (χ3n) is 5.59. The van der Waals surface area contributed by atoms with Gasteiger partial charge in [0.15, 0.2) is 0 Å². The van der Waals surface area contributed by atoms with E-state index in [0.717, 1.165) is 4.47 Å². The lowest BCUT2D eigenvalue weighted by atomic mass is 9.99. The Kier molecular flexibility index (Phi) is 5.48. The van der Waals surface area contributed by atoms with Crippen LogP contribution in [0.1, 0.15) is 32.0 Å². The first-order chi connectivity index (χ1) is 16.7. The Hall–Kier alpha value is -3.91. The van der Waals surface area contributed by atoms with E-state index in [2.05, 4.69) is 20.9 Å². The fourth-order valence-corrected chi connectivity index (χ4v) is 4.55. The quantitative estimate of drug-likeness (QED) is 0.328. The minimum Gasteiger partial charge on any atom is -0.443 e. The van der Waals surface area contributed by atoms with Crippen LogP contribution < -0.4 is 4.90 Å². The van der Waals surface area contributed by atoms with Crippen LogP contribution in [0.5, 0.6) is 0 Å². The van der Waals surface area contributed by atoms with Gasteiger partial charge in [0, 0.05) is 27.8 Å². The molecule has 3 heterocycles. The Labute approximate surface area is 210 Å². The van der Waals surface area contributed by atoms with Crippen molar-refractivity contribution >= 4 is 61.6 Å². The number of hydrogen-bond donors (Lipinski definition) is 1. The van der Waals surface area contributed by atoms with Gasteiger partial charge in [-0.25, -0.2) is 9.69 Å². The number of ether oxygens (including phenoxy) is 1. The second kappa shape index (κ2) is 8.39. The molecule has 0 aliphatic carbocycles. The highest BCUT2D eigenvalue weighted by Crippen LogP contribution is 2.41. The van der Waals surface area contributed by atoms with Crippen LogP contribution >= 0.6 is 15.9 Å². The van der Waals surface area contributed by atoms with Crippen molar-refractivity contribution in [1.82, 2.24) is 9.55 Å². The third kappa shape index (κ3) is 4.00. The molecular formula is C27H22BrN3O4. The predicted octanol–water partition coefficient (Wildman–Crippen LogP) is 6.00. The molecule has 0 spiro atoms. The zero-order valence-corrected chi connectivity index (χ0v) is 20.9. The first kappa shape index (κ1) is 22.9. The Morgan fingerprint density at radius 3 is 2.31 bits per heavy atom. The average Bonchev–Trinajstić information content (AvgIpc) is 3.50. The van der Waals surface area contributed by atoms with E-state index in [9.17, 15) is 14.4 Å². The standard InChI is InChI=1S/C27H22BrN3O4/c1-27(2,3)35-26(34)30-15-19(18-14-16(28)11-12-21(18)30)22-23(20-10-7-13-29-20)25(33)31(24(22)32)17-8-5-4-6-9-17/h4-15,29H,1-3H3. The van der Waals surface area contributed by atoms with Crippen molar-refractivity contribution in [3.8, 4) is 0 Å². The minimum atomic E-state index is -0.707. The molecule has 5 rings (SSSR count). The number of H-pyrrole nitrogens is 1. The molecule has 8 heteroatoms. The van der Waals surface area contributed by atoms with E-state index < -0.39 is 23.5 Å². The smallest absolute Gasteiger partial charge is 0.419 e. The monoisotopic (exact) mass is 531 g/mol. The van der Waals surface area contributed by atoms with E-state index in [1.165, 1.54) is 9.47 Å². The number of halogens is 1. The summed E-state index contributed by atoms with van der Waals surface area (Å²) < 4.78 is 7.75. The molecule has 1 aliphatic rings. The van der Waals surface area contributed by atoms with Crippen LogP contribution in [0.4, 0.5) is 10.5 Å². The van der Waals surface area contributed by atoms with Crippen LogP contribution in [0, 0.1) is 0 Å². The van der Waals surface area contributed by atoms with Gasteiger partial charge in [0.2, 0.25) is 0 Å². The van der Waals surface area contributed by atoms with Crippen LogP contribution in [0.3, 0.4) is 0 Å². The summed E-state index contributed by atoms with van der Waals surface area (Å²) in [5.74, 6) is -0.902. The Morgan fingerprint density at radius 1 is 0.943 bits per heavy atom. The van der Waals surface area contributed by atoms with Gasteiger partial charge in [0.05, 0.1) is 28.0 Å². The Morgan fingerprint density at radius 2 is 1.66 bits per heavy atom. The van der Waals surface area contributed by atoms with Crippen molar-refractivity contribution in [2.75, 3.05) is 4.90 Å². The highest BCUT2D eigenvalue weighted by atomic mass is 79.9. The van der Waals surface area contributed by atoms with Gasteiger partial charge in [-0.15, -0.1) is 0 Å². The summed E-state index contributed by atoms with van der Waals surface area (Å²) in [6.45, 7) is 5.37. The maximum atomic E-state index is 13.9. The number of nitrogens with zero attached hydrogens (tertiary/aromatic N) is 2. The topological polar surface area (TPSA) is 84.4 Å². The number of aromatic amines is 1. The number of amides is 2. The molecule has 4 aromatic rings. The van der Waals surface area contributed by atoms with Crippen molar-refractivity contribution in [2.45, 2.75) is 26.4 Å². The molecule has 176 valence electrons. The maximum Gasteiger partial charge on any atom is 0.419 e. The summed E-state index contributed by atoms with van der Waals surface area (Å²) in [4.78, 5) is 44.8. The lowest BCUT2D eigenvalue weighted by Crippen LogP contribution is -2.31. The van der Waals surface area contributed by atoms with E-state index in [1.54, 1.807) is 75.6 Å². The van der Waals surface area contributed by atoms with Crippen molar-refractivity contribution in [2.24, 2.45) is 0 Å². The molecule has 0 unspecified atom stereocenters. The van der Waals surface area contributed by atoms with Gasteiger partial charge in [-0.3, -0.25) is 14.2 Å². The number of imide groups is 1. The van der Waals surface area contributed by atoms with Crippen molar-refractivity contribution in [3.05, 3.63) is 88.8 Å². The number of rotatable bonds is 3. The summed E-state index contributed by atoms with van der Waals surface area (Å²) in [6.07, 6.45) is 2.70. The first-order valence-corrected chi connectivity index (χ1v) is 11.8. The molecule has 0 fully saturated rings. The Balaban J connectivity index is 1.76. The predicted molar refractivity (Wildman–Crippen MR) is 138 cm³/mol. The van der Waals surface area contributed by atoms with Gasteiger partial charge in [0.1, 0.15) is 5.60 Å². The van der Waals surface area contributed by atoms with Gasteiger partial charge < -0.3 is 9.72 Å². The van der Waals surface area contributed by atoms with Crippen LogP contribution in [0.25, 0.3) is 22.0 Å². The molecule has 0 radical (unpaired) electrons. The zero-order valence-electron chi connectivity index (χ0n) is 19.3. The molecule has 35 heavy (non-hydrogen) atoms. The number of para-hydroxylation sites is 1. The molecule has 2 amide bonds. The molecule has 1 N–H and O–H groups in total. The molecule has 7 nitrogen and oxygen atoms in total. The second-order valence-electron chi connectivity index (χ2n) is 9.17. The van der Waals surface area contributed by atoms with E-state index in [1.807, 2.05) is 18.2 Å². The van der Waals surface area contributed by atoms with Crippen molar-refractivity contribution < 1.29 is 19.1 Å². The number of carbonyl (C=O) groups excluding carboxylic acids is 3. The summed E-state index contributed by atoms with van der Waals surface area (Å²) in [7, 11) is 0. The number of benzene rings is 2. The number of fused-ring (bicyclic) bond motifs is 1. The average molecular weight is 532 g/mol. The zero-order chi connectivity index (χ0) is 24.9. The van der Waals surface area contributed by atoms with Gasteiger partial charge in [0.25, 0.3) is 11.8 Å². The summed E-state index contributed by atoms with van der Waals surface area (Å²) in [6, 6.07) is 17.7. The van der Waals surface area contributed by atoms with Crippen molar-refractivity contribution in [1.29, 1.82) is 0 Å². The summed E-state index contributed by atoms with van der Waals surface area (Å²) >= 11 is 3.49. The Bertz CT molecular complexity index is 1510. The third-order valence-corrected chi connectivity index (χ3v) is 6.08. The van der Waals surface area contributed by atoms with Crippen LogP contribution in [0.2, 0.25) is 0 Å². The molecule has 1 aliphatic heterocycles. The fraction of sp³-hybridized carbons (Fsp3) is 0.148. The molecule has 2 aromatic carbocycles. The van der Waals surface area contributed by atoms with Gasteiger partial charge >= 0.3 is 6.09 Å². The second-order valence-corrected chi connectivity index (χ2v) is 10.1. The summed E-state index contributed by atoms with van der Waals surface area (Å²) in [5, 5.41) is 0.639. The van der Waals surface area contributed by atoms with E-state index in [-0.39, 0.29) is 11.1 Å². The van der Waals surface area contributed by atoms with Gasteiger partial charge in [-0.1, -0.05) is 34.1 Å². The van der Waals surface area contributed by atoms with Crippen LogP contribution in [0.15, 0.2) is 77.5 Å². The van der Waals surface area contributed by atoms with Crippen LogP contribution in [-0.4, -0.2) is 33.1 Å². The maximum absolute atomic E-state index is 13.9.